The van der Waals surface area contributed by atoms with Gasteiger partial charge in [0.2, 0.25) is 0 Å². The van der Waals surface area contributed by atoms with Crippen molar-refractivity contribution in [2.45, 2.75) is 227 Å². The molecule has 0 unspecified atom stereocenters. The molecule has 0 radical (unpaired) electrons. The van der Waals surface area contributed by atoms with E-state index in [0.29, 0.717) is 0 Å². The van der Waals surface area contributed by atoms with Crippen LogP contribution in [0.3, 0.4) is 0 Å². The van der Waals surface area contributed by atoms with Crippen molar-refractivity contribution < 1.29 is 15.7 Å². The third kappa shape index (κ3) is 13.6. The molecular formula is C44H74ClP2Ru+2. The second-order valence-electron chi connectivity index (χ2n) is 16.7. The summed E-state index contributed by atoms with van der Waals surface area (Å²) in [5, 5.41) is 0. The van der Waals surface area contributed by atoms with Gasteiger partial charge in [0.1, 0.15) is 0 Å². The number of rotatable bonds is 7. The van der Waals surface area contributed by atoms with E-state index in [1.807, 2.05) is 36.4 Å². The average Bonchev–Trinajstić information content (AvgIpc) is 3.18. The molecule has 273 valence electrons. The summed E-state index contributed by atoms with van der Waals surface area (Å²) in [6.45, 7) is 0. The summed E-state index contributed by atoms with van der Waals surface area (Å²) in [4.78, 5) is 0. The Kier molecular flexibility index (Phi) is 20.0. The molecule has 48 heavy (non-hydrogen) atoms. The molecule has 0 amide bonds. The second kappa shape index (κ2) is 24.1. The van der Waals surface area contributed by atoms with Gasteiger partial charge in [0, 0.05) is 15.8 Å². The zero-order valence-electron chi connectivity index (χ0n) is 30.9. The standard InChI is InChI=1S/2C18H33P.C8H6.ClH.Ru/c2*1-4-10-16(11-5-1)19(17-12-6-2-7-13-17)18-14-8-3-9-15-18;1-2-8-6-4-3-5-7-8;;/h2*16-18H,1-15H2;2-7H;1H;/q;;;;+1/p+1. The topological polar surface area (TPSA) is 0 Å². The molecule has 0 heterocycles. The van der Waals surface area contributed by atoms with Crippen LogP contribution in [-0.2, 0) is 15.7 Å². The first-order valence-electron chi connectivity index (χ1n) is 21.4. The predicted molar refractivity (Wildman–Crippen MR) is 220 cm³/mol. The van der Waals surface area contributed by atoms with Gasteiger partial charge in [-0.3, -0.25) is 0 Å². The monoisotopic (exact) mass is 801 g/mol. The van der Waals surface area contributed by atoms with Gasteiger partial charge in [-0.1, -0.05) is 38.5 Å². The van der Waals surface area contributed by atoms with Gasteiger partial charge in [0.25, 0.3) is 0 Å². The first-order valence-corrected chi connectivity index (χ1v) is 28.0. The van der Waals surface area contributed by atoms with Crippen molar-refractivity contribution in [3.05, 3.63) is 35.9 Å². The van der Waals surface area contributed by atoms with Crippen LogP contribution >= 0.6 is 25.5 Å². The van der Waals surface area contributed by atoms with Crippen molar-refractivity contribution >= 4 is 35.9 Å². The van der Waals surface area contributed by atoms with Gasteiger partial charge in [-0.2, -0.15) is 0 Å². The fraction of sp³-hybridized carbons (Fsp3) is 0.818. The van der Waals surface area contributed by atoms with Crippen LogP contribution in [0.5, 0.6) is 0 Å². The number of benzene rings is 1. The molecule has 0 saturated heterocycles. The maximum atomic E-state index is 5.50. The van der Waals surface area contributed by atoms with Crippen LogP contribution < -0.4 is 0 Å². The van der Waals surface area contributed by atoms with Crippen LogP contribution in [0, 0.1) is 0 Å². The molecule has 0 bridgehead atoms. The van der Waals surface area contributed by atoms with Gasteiger partial charge in [0.15, 0.2) is 0 Å². The predicted octanol–water partition coefficient (Wildman–Crippen LogP) is 14.7. The Morgan fingerprint density at radius 3 is 0.896 bits per heavy atom. The molecule has 6 aliphatic rings. The van der Waals surface area contributed by atoms with E-state index in [0.717, 1.165) is 5.56 Å². The van der Waals surface area contributed by atoms with Gasteiger partial charge >= 0.3 is 71.6 Å². The molecule has 1 aromatic carbocycles. The molecule has 0 aliphatic heterocycles. The second-order valence-corrected chi connectivity index (χ2v) is 25.3. The van der Waals surface area contributed by atoms with Crippen molar-refractivity contribution in [3.63, 3.8) is 0 Å². The Bertz CT molecular complexity index is 864. The van der Waals surface area contributed by atoms with Crippen LogP contribution in [0.2, 0.25) is 0 Å². The fourth-order valence-corrected chi connectivity index (χ4v) is 22.3. The molecule has 6 aliphatic carbocycles. The molecule has 7 rings (SSSR count). The summed E-state index contributed by atoms with van der Waals surface area (Å²) < 4.78 is 2.99. The third-order valence-electron chi connectivity index (χ3n) is 13.5. The fourth-order valence-electron chi connectivity index (χ4n) is 11.2. The van der Waals surface area contributed by atoms with Gasteiger partial charge in [-0.05, 0) is 154 Å². The molecule has 4 heteroatoms. The van der Waals surface area contributed by atoms with Gasteiger partial charge in [0.05, 0.1) is 34.0 Å². The Morgan fingerprint density at radius 2 is 0.667 bits per heavy atom. The molecule has 6 fully saturated rings. The molecule has 6 saturated carbocycles. The van der Waals surface area contributed by atoms with Gasteiger partial charge in [-0.25, -0.2) is 0 Å². The summed E-state index contributed by atoms with van der Waals surface area (Å²) in [6, 6.07) is 10.0. The molecule has 0 nitrogen and oxygen atoms in total. The van der Waals surface area contributed by atoms with Crippen LogP contribution in [0.1, 0.15) is 198 Å². The summed E-state index contributed by atoms with van der Waals surface area (Å²) in [5.74, 6) is 0. The first kappa shape index (κ1) is 39.8. The van der Waals surface area contributed by atoms with E-state index in [1.165, 1.54) is 34.0 Å². The van der Waals surface area contributed by atoms with Crippen molar-refractivity contribution in [1.82, 2.24) is 0 Å². The van der Waals surface area contributed by atoms with Crippen molar-refractivity contribution in [1.29, 1.82) is 0 Å². The van der Waals surface area contributed by atoms with E-state index >= 15 is 0 Å². The van der Waals surface area contributed by atoms with Crippen LogP contribution in [0.15, 0.2) is 30.3 Å². The van der Waals surface area contributed by atoms with Crippen LogP contribution in [0.4, 0.5) is 0 Å². The maximum absolute atomic E-state index is 5.50. The van der Waals surface area contributed by atoms with E-state index in [9.17, 15) is 0 Å². The van der Waals surface area contributed by atoms with Gasteiger partial charge < -0.3 is 0 Å². The molecule has 0 N–H and O–H groups in total. The average molecular weight is 802 g/mol. The van der Waals surface area contributed by atoms with E-state index < -0.39 is 0 Å². The minimum atomic E-state index is -0.205. The zero-order chi connectivity index (χ0) is 33.1. The Balaban J connectivity index is 0.000000148. The summed E-state index contributed by atoms with van der Waals surface area (Å²) >= 11 is -0.205. The molecule has 0 spiro atoms. The number of hydrogen-bond acceptors (Lipinski definition) is 0. The zero-order valence-corrected chi connectivity index (χ0v) is 35.4. The summed E-state index contributed by atoms with van der Waals surface area (Å²) in [7, 11) is 5.41. The minimum absolute atomic E-state index is 0.0465. The van der Waals surface area contributed by atoms with Crippen molar-refractivity contribution in [3.8, 4) is 0 Å². The molecule has 0 atom stereocenters. The van der Waals surface area contributed by atoms with Crippen LogP contribution in [-0.4, -0.2) is 38.2 Å². The Hall–Kier alpha value is 0.643. The van der Waals surface area contributed by atoms with E-state index in [2.05, 4.69) is 4.26 Å². The number of halogens is 1. The quantitative estimate of drug-likeness (QED) is 0.190. The van der Waals surface area contributed by atoms with Crippen molar-refractivity contribution in [2.75, 3.05) is 0 Å². The molecule has 0 aromatic heterocycles. The Morgan fingerprint density at radius 1 is 0.417 bits per heavy atom. The summed E-state index contributed by atoms with van der Waals surface area (Å²) in [5.41, 5.74) is 8.53. The van der Waals surface area contributed by atoms with E-state index in [1.54, 1.807) is 193 Å². The normalized spacial score (nSPS) is 24.6. The van der Waals surface area contributed by atoms with E-state index in [-0.39, 0.29) is 31.5 Å². The SMILES string of the molecule is C1CCC([PH+](C2CCCCC2)C2CCCCC2)CC1.C1CCC([PH+](C2CCCCC2)C2CCCCC2)CC1.[Cl][Ru]=[C]=Cc1ccccc1. The summed E-state index contributed by atoms with van der Waals surface area (Å²) in [6.07, 6.45) is 49.5. The molecule has 1 aromatic rings. The molecular weight excluding hydrogens is 727 g/mol. The third-order valence-corrected chi connectivity index (χ3v) is 23.5. The Labute approximate surface area is 312 Å². The number of hydrogen-bond donors (Lipinski definition) is 0. The first-order chi connectivity index (χ1) is 23.8. The van der Waals surface area contributed by atoms with E-state index in [4.69, 9.17) is 9.69 Å². The van der Waals surface area contributed by atoms with Crippen molar-refractivity contribution in [2.24, 2.45) is 0 Å². The van der Waals surface area contributed by atoms with Gasteiger partial charge in [-0.15, -0.1) is 0 Å². The van der Waals surface area contributed by atoms with Crippen LogP contribution in [0.25, 0.3) is 6.08 Å².